The van der Waals surface area contributed by atoms with E-state index >= 15 is 0 Å². The Bertz CT molecular complexity index is 421. The lowest BCUT2D eigenvalue weighted by Crippen LogP contribution is -2.46. The fourth-order valence-electron chi connectivity index (χ4n) is 1.78. The van der Waals surface area contributed by atoms with Gasteiger partial charge in [0, 0.05) is 21.0 Å². The molecule has 17 heavy (non-hydrogen) atoms. The van der Waals surface area contributed by atoms with Crippen LogP contribution in [0.2, 0.25) is 0 Å². The van der Waals surface area contributed by atoms with Crippen LogP contribution in [0.15, 0.2) is 17.1 Å². The molecule has 1 aliphatic rings. The summed E-state index contributed by atoms with van der Waals surface area (Å²) < 4.78 is 0. The van der Waals surface area contributed by atoms with Gasteiger partial charge in [-0.2, -0.15) is 0 Å². The number of amidine groups is 1. The normalized spacial score (nSPS) is 23.4. The minimum atomic E-state index is 0.190. The van der Waals surface area contributed by atoms with Gasteiger partial charge in [0.05, 0.1) is 6.04 Å². The minimum absolute atomic E-state index is 0.190. The molecule has 1 aromatic heterocycles. The first-order valence-corrected chi connectivity index (χ1v) is 7.82. The third kappa shape index (κ3) is 3.49. The first kappa shape index (κ1) is 13.0. The van der Waals surface area contributed by atoms with Crippen LogP contribution in [0.25, 0.3) is 0 Å². The summed E-state index contributed by atoms with van der Waals surface area (Å²) in [4.78, 5) is 7.50. The number of hydrogen-bond acceptors (Lipinski definition) is 3. The average Bonchev–Trinajstić information content (AvgIpc) is 2.63. The standard InChI is InChI=1S/C13H20N2S2/c1-9-5-6-11(17-9)10(2)14-12-15-13(3,4)7-8-16-12/h5-6,10H,7-8H2,1-4H3,(H,14,15). The number of thiophene rings is 1. The molecular weight excluding hydrogens is 248 g/mol. The van der Waals surface area contributed by atoms with E-state index in [0.717, 1.165) is 10.9 Å². The Kier molecular flexibility index (Phi) is 3.83. The van der Waals surface area contributed by atoms with Crippen LogP contribution in [0.4, 0.5) is 0 Å². The van der Waals surface area contributed by atoms with E-state index in [1.165, 1.54) is 16.2 Å². The summed E-state index contributed by atoms with van der Waals surface area (Å²) in [5.74, 6) is 1.16. The quantitative estimate of drug-likeness (QED) is 0.877. The molecule has 1 saturated heterocycles. The third-order valence-electron chi connectivity index (χ3n) is 2.89. The SMILES string of the molecule is Cc1ccc(C(C)N=C2NC(C)(C)CCS2)s1. The van der Waals surface area contributed by atoms with E-state index < -0.39 is 0 Å². The van der Waals surface area contributed by atoms with Crippen molar-refractivity contribution in [3.63, 3.8) is 0 Å². The van der Waals surface area contributed by atoms with Crippen molar-refractivity contribution in [2.75, 3.05) is 5.75 Å². The Morgan fingerprint density at radius 2 is 2.18 bits per heavy atom. The molecular formula is C13H20N2S2. The molecule has 1 aromatic rings. The summed E-state index contributed by atoms with van der Waals surface area (Å²) in [5, 5.41) is 4.61. The fourth-order valence-corrected chi connectivity index (χ4v) is 4.03. The van der Waals surface area contributed by atoms with Crippen LogP contribution in [0, 0.1) is 6.92 Å². The summed E-state index contributed by atoms with van der Waals surface area (Å²) in [6.45, 7) is 8.79. The van der Waals surface area contributed by atoms with Gasteiger partial charge in [0.25, 0.3) is 0 Å². The number of rotatable bonds is 2. The molecule has 1 atom stereocenters. The molecule has 0 aromatic carbocycles. The summed E-state index contributed by atoms with van der Waals surface area (Å²) in [7, 11) is 0. The second kappa shape index (κ2) is 5.02. The van der Waals surface area contributed by atoms with Crippen LogP contribution in [-0.4, -0.2) is 16.5 Å². The highest BCUT2D eigenvalue weighted by Gasteiger charge is 2.24. The molecule has 1 aliphatic heterocycles. The Balaban J connectivity index is 2.08. The Hall–Kier alpha value is -0.480. The van der Waals surface area contributed by atoms with Crippen LogP contribution in [-0.2, 0) is 0 Å². The van der Waals surface area contributed by atoms with Crippen molar-refractivity contribution in [2.24, 2.45) is 4.99 Å². The van der Waals surface area contributed by atoms with E-state index in [2.05, 4.69) is 45.1 Å². The molecule has 0 amide bonds. The average molecular weight is 268 g/mol. The number of aryl methyl sites for hydroxylation is 1. The zero-order chi connectivity index (χ0) is 12.5. The molecule has 0 saturated carbocycles. The van der Waals surface area contributed by atoms with E-state index in [4.69, 9.17) is 4.99 Å². The topological polar surface area (TPSA) is 24.4 Å². The van der Waals surface area contributed by atoms with Crippen LogP contribution in [0.3, 0.4) is 0 Å². The summed E-state index contributed by atoms with van der Waals surface area (Å²) >= 11 is 3.68. The molecule has 1 fully saturated rings. The zero-order valence-corrected chi connectivity index (χ0v) is 12.5. The number of nitrogens with zero attached hydrogens (tertiary/aromatic N) is 1. The largest absolute Gasteiger partial charge is 0.360 e. The summed E-state index contributed by atoms with van der Waals surface area (Å²) in [5.41, 5.74) is 0.190. The third-order valence-corrected chi connectivity index (χ3v) is 4.96. The monoisotopic (exact) mass is 268 g/mol. The smallest absolute Gasteiger partial charge is 0.157 e. The molecule has 0 bridgehead atoms. The van der Waals surface area contributed by atoms with Crippen molar-refractivity contribution in [3.8, 4) is 0 Å². The number of thioether (sulfide) groups is 1. The highest BCUT2D eigenvalue weighted by atomic mass is 32.2. The number of hydrogen-bond donors (Lipinski definition) is 1. The van der Waals surface area contributed by atoms with Crippen molar-refractivity contribution in [3.05, 3.63) is 21.9 Å². The first-order chi connectivity index (χ1) is 7.96. The lowest BCUT2D eigenvalue weighted by Gasteiger charge is -2.32. The highest BCUT2D eigenvalue weighted by Crippen LogP contribution is 2.28. The molecule has 1 unspecified atom stereocenters. The van der Waals surface area contributed by atoms with Crippen molar-refractivity contribution in [1.29, 1.82) is 0 Å². The van der Waals surface area contributed by atoms with Gasteiger partial charge >= 0.3 is 0 Å². The van der Waals surface area contributed by atoms with E-state index in [1.807, 2.05) is 23.1 Å². The maximum atomic E-state index is 4.79. The van der Waals surface area contributed by atoms with Crippen molar-refractivity contribution < 1.29 is 0 Å². The molecule has 0 radical (unpaired) electrons. The van der Waals surface area contributed by atoms with Gasteiger partial charge in [-0.05, 0) is 46.2 Å². The number of nitrogens with one attached hydrogen (secondary N) is 1. The van der Waals surface area contributed by atoms with E-state index in [-0.39, 0.29) is 11.6 Å². The fraction of sp³-hybridized carbons (Fsp3) is 0.615. The van der Waals surface area contributed by atoms with E-state index in [1.54, 1.807) is 0 Å². The molecule has 2 nitrogen and oxygen atoms in total. The van der Waals surface area contributed by atoms with Crippen LogP contribution >= 0.6 is 23.1 Å². The van der Waals surface area contributed by atoms with Gasteiger partial charge in [0.15, 0.2) is 5.17 Å². The Labute approximate surface area is 112 Å². The summed E-state index contributed by atoms with van der Waals surface area (Å²) in [6, 6.07) is 4.62. The molecule has 2 heterocycles. The predicted molar refractivity (Wildman–Crippen MR) is 79.2 cm³/mol. The second-order valence-electron chi connectivity index (χ2n) is 5.17. The zero-order valence-electron chi connectivity index (χ0n) is 10.9. The van der Waals surface area contributed by atoms with E-state index in [9.17, 15) is 0 Å². The number of aliphatic imine (C=N–C) groups is 1. The van der Waals surface area contributed by atoms with Gasteiger partial charge < -0.3 is 5.32 Å². The van der Waals surface area contributed by atoms with Gasteiger partial charge in [-0.3, -0.25) is 4.99 Å². The second-order valence-corrected chi connectivity index (χ2v) is 7.57. The maximum Gasteiger partial charge on any atom is 0.157 e. The molecule has 2 rings (SSSR count). The van der Waals surface area contributed by atoms with Gasteiger partial charge in [0.1, 0.15) is 0 Å². The van der Waals surface area contributed by atoms with Gasteiger partial charge in [-0.1, -0.05) is 11.8 Å². The van der Waals surface area contributed by atoms with Crippen LogP contribution < -0.4 is 5.32 Å². The Morgan fingerprint density at radius 3 is 2.76 bits per heavy atom. The van der Waals surface area contributed by atoms with E-state index in [0.29, 0.717) is 0 Å². The van der Waals surface area contributed by atoms with Crippen LogP contribution in [0.1, 0.15) is 43.0 Å². The molecule has 0 aliphatic carbocycles. The first-order valence-electron chi connectivity index (χ1n) is 6.01. The molecule has 1 N–H and O–H groups in total. The van der Waals surface area contributed by atoms with Gasteiger partial charge in [0.2, 0.25) is 0 Å². The minimum Gasteiger partial charge on any atom is -0.360 e. The molecule has 4 heteroatoms. The van der Waals surface area contributed by atoms with Gasteiger partial charge in [-0.25, -0.2) is 0 Å². The highest BCUT2D eigenvalue weighted by molar-refractivity contribution is 8.13. The lowest BCUT2D eigenvalue weighted by molar-refractivity contribution is 0.445. The predicted octanol–water partition coefficient (Wildman–Crippen LogP) is 3.98. The Morgan fingerprint density at radius 1 is 1.41 bits per heavy atom. The maximum absolute atomic E-state index is 4.79. The lowest BCUT2D eigenvalue weighted by atomic mass is 10.0. The molecule has 94 valence electrons. The van der Waals surface area contributed by atoms with Gasteiger partial charge in [-0.15, -0.1) is 11.3 Å². The van der Waals surface area contributed by atoms with Crippen molar-refractivity contribution in [2.45, 2.75) is 45.7 Å². The van der Waals surface area contributed by atoms with Crippen LogP contribution in [0.5, 0.6) is 0 Å². The molecule has 0 spiro atoms. The van der Waals surface area contributed by atoms with Crippen molar-refractivity contribution >= 4 is 28.3 Å². The summed E-state index contributed by atoms with van der Waals surface area (Å²) in [6.07, 6.45) is 1.20. The van der Waals surface area contributed by atoms with Crippen molar-refractivity contribution in [1.82, 2.24) is 5.32 Å².